The van der Waals surface area contributed by atoms with Crippen molar-refractivity contribution in [2.24, 2.45) is 0 Å². The first-order valence-electron chi connectivity index (χ1n) is 6.32. The third-order valence-corrected chi connectivity index (χ3v) is 4.49. The molecular weight excluding hydrogens is 276 g/mol. The third kappa shape index (κ3) is 2.57. The molecule has 1 aliphatic heterocycles. The minimum atomic E-state index is -3.63. The predicted molar refractivity (Wildman–Crippen MR) is 76.1 cm³/mol. The van der Waals surface area contributed by atoms with E-state index in [1.54, 1.807) is 30.3 Å². The van der Waals surface area contributed by atoms with E-state index in [2.05, 4.69) is 20.2 Å². The molecule has 0 aliphatic carbocycles. The number of hydrogen-bond acceptors (Lipinski definition) is 5. The Kier molecular flexibility index (Phi) is 3.27. The van der Waals surface area contributed by atoms with Gasteiger partial charge in [0.1, 0.15) is 0 Å². The van der Waals surface area contributed by atoms with Gasteiger partial charge in [0, 0.05) is 18.4 Å². The maximum Gasteiger partial charge on any atom is 0.263 e. The number of aromatic nitrogens is 2. The molecule has 104 valence electrons. The lowest BCUT2D eigenvalue weighted by molar-refractivity contribution is 0.600. The zero-order chi connectivity index (χ0) is 14.0. The Morgan fingerprint density at radius 1 is 1.25 bits per heavy atom. The van der Waals surface area contributed by atoms with Gasteiger partial charge in [-0.25, -0.2) is 8.42 Å². The van der Waals surface area contributed by atoms with E-state index in [4.69, 9.17) is 0 Å². The first kappa shape index (κ1) is 12.9. The fraction of sp³-hybridized carbons (Fsp3) is 0.231. The van der Waals surface area contributed by atoms with Crippen LogP contribution in [0.4, 0.5) is 11.5 Å². The molecular formula is C13H14N4O2S. The summed E-state index contributed by atoms with van der Waals surface area (Å²) in [6, 6.07) is 8.29. The molecule has 0 fully saturated rings. The number of sulfonamides is 1. The average Bonchev–Trinajstić information content (AvgIpc) is 2.47. The molecule has 0 saturated heterocycles. The van der Waals surface area contributed by atoms with Crippen molar-refractivity contribution in [2.45, 2.75) is 17.7 Å². The number of nitrogens with one attached hydrogen (secondary N) is 2. The van der Waals surface area contributed by atoms with Crippen LogP contribution in [0.1, 0.15) is 12.0 Å². The van der Waals surface area contributed by atoms with Crippen molar-refractivity contribution >= 4 is 21.5 Å². The Bertz CT molecular complexity index is 716. The summed E-state index contributed by atoms with van der Waals surface area (Å²) in [7, 11) is -3.63. The average molecular weight is 290 g/mol. The summed E-state index contributed by atoms with van der Waals surface area (Å²) in [5.74, 6) is 0.211. The van der Waals surface area contributed by atoms with E-state index in [0.29, 0.717) is 0 Å². The van der Waals surface area contributed by atoms with E-state index >= 15 is 0 Å². The molecule has 0 spiro atoms. The minimum Gasteiger partial charge on any atom is -0.385 e. The summed E-state index contributed by atoms with van der Waals surface area (Å²) in [5, 5.41) is 10.6. The van der Waals surface area contributed by atoms with Gasteiger partial charge in [-0.1, -0.05) is 0 Å². The second-order valence-electron chi connectivity index (χ2n) is 4.56. The Hall–Kier alpha value is -2.15. The van der Waals surface area contributed by atoms with Gasteiger partial charge in [-0.15, -0.1) is 5.10 Å². The van der Waals surface area contributed by atoms with E-state index in [0.717, 1.165) is 30.6 Å². The van der Waals surface area contributed by atoms with E-state index < -0.39 is 10.0 Å². The number of nitrogens with zero attached hydrogens (tertiary/aromatic N) is 2. The summed E-state index contributed by atoms with van der Waals surface area (Å²) in [6.45, 7) is 0.928. The number of fused-ring (bicyclic) bond motifs is 1. The summed E-state index contributed by atoms with van der Waals surface area (Å²) in [5.41, 5.74) is 2.04. The van der Waals surface area contributed by atoms with Gasteiger partial charge in [-0.05, 0) is 48.7 Å². The molecule has 7 heteroatoms. The van der Waals surface area contributed by atoms with Crippen molar-refractivity contribution in [3.05, 3.63) is 42.1 Å². The number of benzene rings is 1. The first-order valence-corrected chi connectivity index (χ1v) is 7.81. The van der Waals surface area contributed by atoms with Gasteiger partial charge in [-0.2, -0.15) is 5.10 Å². The third-order valence-electron chi connectivity index (χ3n) is 3.14. The molecule has 2 N–H and O–H groups in total. The molecule has 0 unspecified atom stereocenters. The molecule has 6 nitrogen and oxygen atoms in total. The Morgan fingerprint density at radius 3 is 2.95 bits per heavy atom. The maximum absolute atomic E-state index is 12.3. The van der Waals surface area contributed by atoms with Crippen LogP contribution in [0.2, 0.25) is 0 Å². The molecule has 1 aliphatic rings. The van der Waals surface area contributed by atoms with Crippen molar-refractivity contribution in [2.75, 3.05) is 16.6 Å². The topological polar surface area (TPSA) is 84.0 Å². The summed E-state index contributed by atoms with van der Waals surface area (Å²) < 4.78 is 27.0. The molecule has 2 heterocycles. The molecule has 3 rings (SSSR count). The van der Waals surface area contributed by atoms with Crippen molar-refractivity contribution in [1.82, 2.24) is 10.2 Å². The maximum atomic E-state index is 12.3. The van der Waals surface area contributed by atoms with Crippen molar-refractivity contribution in [3.8, 4) is 0 Å². The number of hydrogen-bond donors (Lipinski definition) is 2. The lowest BCUT2D eigenvalue weighted by Gasteiger charge is -2.18. The zero-order valence-corrected chi connectivity index (χ0v) is 11.5. The predicted octanol–water partition coefficient (Wildman–Crippen LogP) is 1.64. The van der Waals surface area contributed by atoms with Gasteiger partial charge in [0.05, 0.1) is 4.90 Å². The van der Waals surface area contributed by atoms with Gasteiger partial charge in [0.25, 0.3) is 10.0 Å². The van der Waals surface area contributed by atoms with Gasteiger partial charge in [-0.3, -0.25) is 4.72 Å². The summed E-state index contributed by atoms with van der Waals surface area (Å²) >= 11 is 0. The standard InChI is InChI=1S/C13H14N4O2S/c18-20(19,17-13-4-2-8-15-16-13)11-5-6-12-10(9-11)3-1-7-14-12/h2,4-6,8-9,14H,1,3,7H2,(H,16,17). The highest BCUT2D eigenvalue weighted by molar-refractivity contribution is 7.92. The highest BCUT2D eigenvalue weighted by Gasteiger charge is 2.18. The molecule has 0 amide bonds. The lowest BCUT2D eigenvalue weighted by Crippen LogP contribution is -2.16. The van der Waals surface area contributed by atoms with Crippen LogP contribution in [0, 0.1) is 0 Å². The fourth-order valence-corrected chi connectivity index (χ4v) is 3.22. The van der Waals surface area contributed by atoms with Gasteiger partial charge >= 0.3 is 0 Å². The van der Waals surface area contributed by atoms with Gasteiger partial charge in [0.2, 0.25) is 0 Å². The summed E-state index contributed by atoms with van der Waals surface area (Å²) in [4.78, 5) is 0.241. The number of rotatable bonds is 3. The van der Waals surface area contributed by atoms with E-state index in [1.807, 2.05) is 0 Å². The second kappa shape index (κ2) is 5.09. The van der Waals surface area contributed by atoms with Crippen molar-refractivity contribution in [1.29, 1.82) is 0 Å². The van der Waals surface area contributed by atoms with Crippen LogP contribution in [0.25, 0.3) is 0 Å². The van der Waals surface area contributed by atoms with Crippen LogP contribution in [0.5, 0.6) is 0 Å². The van der Waals surface area contributed by atoms with Gasteiger partial charge in [0.15, 0.2) is 5.82 Å². The molecule has 2 aromatic rings. The molecule has 0 saturated carbocycles. The minimum absolute atomic E-state index is 0.211. The molecule has 0 atom stereocenters. The summed E-state index contributed by atoms with van der Waals surface area (Å²) in [6.07, 6.45) is 3.38. The lowest BCUT2D eigenvalue weighted by atomic mass is 10.0. The van der Waals surface area contributed by atoms with E-state index in [1.165, 1.54) is 6.20 Å². The van der Waals surface area contributed by atoms with Crippen LogP contribution in [0.3, 0.4) is 0 Å². The normalized spacial score (nSPS) is 14.2. The van der Waals surface area contributed by atoms with Crippen LogP contribution in [-0.4, -0.2) is 25.2 Å². The largest absolute Gasteiger partial charge is 0.385 e. The number of aryl methyl sites for hydroxylation is 1. The molecule has 1 aromatic heterocycles. The van der Waals surface area contributed by atoms with Crippen LogP contribution in [-0.2, 0) is 16.4 Å². The van der Waals surface area contributed by atoms with Crippen LogP contribution < -0.4 is 10.0 Å². The molecule has 1 aromatic carbocycles. The van der Waals surface area contributed by atoms with Crippen LogP contribution >= 0.6 is 0 Å². The monoisotopic (exact) mass is 290 g/mol. The second-order valence-corrected chi connectivity index (χ2v) is 6.25. The fourth-order valence-electron chi connectivity index (χ4n) is 2.17. The SMILES string of the molecule is O=S(=O)(Nc1cccnn1)c1ccc2c(c1)CCCN2. The Balaban J connectivity index is 1.91. The van der Waals surface area contributed by atoms with Gasteiger partial charge < -0.3 is 5.32 Å². The molecule has 20 heavy (non-hydrogen) atoms. The number of anilines is 2. The Morgan fingerprint density at radius 2 is 2.15 bits per heavy atom. The molecule has 0 radical (unpaired) electrons. The molecule has 0 bridgehead atoms. The highest BCUT2D eigenvalue weighted by atomic mass is 32.2. The first-order chi connectivity index (χ1) is 9.65. The highest BCUT2D eigenvalue weighted by Crippen LogP contribution is 2.25. The smallest absolute Gasteiger partial charge is 0.263 e. The van der Waals surface area contributed by atoms with E-state index in [-0.39, 0.29) is 10.7 Å². The quantitative estimate of drug-likeness (QED) is 0.897. The van der Waals surface area contributed by atoms with E-state index in [9.17, 15) is 8.42 Å². The van der Waals surface area contributed by atoms with Crippen LogP contribution in [0.15, 0.2) is 41.4 Å². The van der Waals surface area contributed by atoms with Crippen molar-refractivity contribution < 1.29 is 8.42 Å². The zero-order valence-electron chi connectivity index (χ0n) is 10.7. The van der Waals surface area contributed by atoms with Crippen molar-refractivity contribution in [3.63, 3.8) is 0 Å². The Labute approximate surface area is 117 Å².